The number of hydrogen-bond acceptors (Lipinski definition) is 8. The largest absolute Gasteiger partial charge is 0.484 e. The molecule has 2 aromatic carbocycles. The first-order valence-electron chi connectivity index (χ1n) is 16.8. The Morgan fingerprint density at radius 1 is 1.04 bits per heavy atom. The average molecular weight is 674 g/mol. The maximum Gasteiger partial charge on any atom is 0.258 e. The Morgan fingerprint density at radius 2 is 1.84 bits per heavy atom. The summed E-state index contributed by atoms with van der Waals surface area (Å²) in [6.07, 6.45) is 4.38. The summed E-state index contributed by atoms with van der Waals surface area (Å²) >= 11 is 0. The van der Waals surface area contributed by atoms with Gasteiger partial charge in [0.15, 0.2) is 6.61 Å². The summed E-state index contributed by atoms with van der Waals surface area (Å²) in [7, 11) is 1.90. The number of nitrogens with one attached hydrogen (secondary N) is 3. The molecule has 2 bridgehead atoms. The van der Waals surface area contributed by atoms with Gasteiger partial charge in [0, 0.05) is 38.8 Å². The number of amides is 5. The van der Waals surface area contributed by atoms with Crippen LogP contribution in [0.3, 0.4) is 0 Å². The van der Waals surface area contributed by atoms with Crippen LogP contribution in [0.25, 0.3) is 11.0 Å². The Bertz CT molecular complexity index is 1750. The van der Waals surface area contributed by atoms with Gasteiger partial charge in [-0.25, -0.2) is 4.98 Å². The molecule has 0 radical (unpaired) electrons. The number of rotatable bonds is 2. The van der Waals surface area contributed by atoms with Crippen molar-refractivity contribution >= 4 is 40.6 Å². The Kier molecular flexibility index (Phi) is 9.86. The van der Waals surface area contributed by atoms with Gasteiger partial charge in [-0.05, 0) is 80.3 Å². The van der Waals surface area contributed by atoms with Gasteiger partial charge in [0.05, 0.1) is 24.0 Å². The molecule has 0 unspecified atom stereocenters. The summed E-state index contributed by atoms with van der Waals surface area (Å²) in [6, 6.07) is 9.94. The number of carbonyl (C=O) groups is 5. The van der Waals surface area contributed by atoms with E-state index in [-0.39, 0.29) is 19.1 Å². The highest BCUT2D eigenvalue weighted by Crippen LogP contribution is 2.36. The summed E-state index contributed by atoms with van der Waals surface area (Å²) in [5, 5.41) is 18.4. The van der Waals surface area contributed by atoms with E-state index in [9.17, 15) is 29.1 Å². The predicted octanol–water partition coefficient (Wildman–Crippen LogP) is 0.520. The lowest BCUT2D eigenvalue weighted by Crippen LogP contribution is -2.57. The number of aliphatic hydroxyl groups excluding tert-OH is 1. The number of carbonyl (C=O) groups excluding carboxylic acids is 5. The molecule has 3 aliphatic rings. The lowest BCUT2D eigenvalue weighted by atomic mass is 9.73. The molecule has 1 spiro atoms. The van der Waals surface area contributed by atoms with E-state index in [0.29, 0.717) is 63.1 Å². The molecule has 14 heteroatoms. The van der Waals surface area contributed by atoms with Crippen LogP contribution in [-0.2, 0) is 32.6 Å². The van der Waals surface area contributed by atoms with Gasteiger partial charge in [-0.2, -0.15) is 0 Å². The second-order valence-electron chi connectivity index (χ2n) is 13.4. The van der Waals surface area contributed by atoms with Gasteiger partial charge in [-0.15, -0.1) is 0 Å². The zero-order valence-corrected chi connectivity index (χ0v) is 27.8. The number of ether oxygens (including phenoxy) is 1. The highest BCUT2D eigenvalue weighted by atomic mass is 16.5. The molecule has 260 valence electrons. The number of piperidine rings is 1. The number of hydrogen-bond donors (Lipinski definition) is 4. The van der Waals surface area contributed by atoms with E-state index in [1.165, 1.54) is 4.90 Å². The molecule has 6 rings (SSSR count). The van der Waals surface area contributed by atoms with Gasteiger partial charge < -0.3 is 40.2 Å². The predicted molar refractivity (Wildman–Crippen MR) is 178 cm³/mol. The summed E-state index contributed by atoms with van der Waals surface area (Å²) < 4.78 is 7.70. The third-order valence-electron chi connectivity index (χ3n) is 9.97. The van der Waals surface area contributed by atoms with Crippen molar-refractivity contribution in [2.45, 2.75) is 57.2 Å². The number of aromatic nitrogens is 2. The van der Waals surface area contributed by atoms with Crippen molar-refractivity contribution in [3.8, 4) is 5.75 Å². The maximum atomic E-state index is 13.6. The van der Waals surface area contributed by atoms with Crippen molar-refractivity contribution < 1.29 is 33.8 Å². The Morgan fingerprint density at radius 3 is 2.61 bits per heavy atom. The van der Waals surface area contributed by atoms with Gasteiger partial charge in [0.1, 0.15) is 23.9 Å². The first kappa shape index (κ1) is 33.9. The van der Waals surface area contributed by atoms with Crippen molar-refractivity contribution in [1.29, 1.82) is 0 Å². The Hall–Kier alpha value is -4.98. The number of benzene rings is 2. The zero-order valence-electron chi connectivity index (χ0n) is 27.8. The minimum absolute atomic E-state index is 0.0898. The lowest BCUT2D eigenvalue weighted by Gasteiger charge is -2.42. The van der Waals surface area contributed by atoms with Gasteiger partial charge >= 0.3 is 0 Å². The Balaban J connectivity index is 1.23. The highest BCUT2D eigenvalue weighted by molar-refractivity contribution is 5.97. The second-order valence-corrected chi connectivity index (χ2v) is 13.4. The fourth-order valence-corrected chi connectivity index (χ4v) is 7.14. The monoisotopic (exact) mass is 673 g/mol. The quantitative estimate of drug-likeness (QED) is 0.305. The zero-order chi connectivity index (χ0) is 34.7. The lowest BCUT2D eigenvalue weighted by molar-refractivity contribution is -0.142. The number of fused-ring (bicyclic) bond motifs is 4. The molecule has 3 aliphatic heterocycles. The molecule has 0 saturated carbocycles. The van der Waals surface area contributed by atoms with Crippen molar-refractivity contribution in [1.82, 2.24) is 35.3 Å². The molecule has 4 heterocycles. The van der Waals surface area contributed by atoms with Crippen LogP contribution in [0.4, 0.5) is 0 Å². The third kappa shape index (κ3) is 7.38. The summed E-state index contributed by atoms with van der Waals surface area (Å²) in [5.41, 5.74) is 2.69. The van der Waals surface area contributed by atoms with Gasteiger partial charge in [0.2, 0.25) is 17.7 Å². The highest BCUT2D eigenvalue weighted by Gasteiger charge is 2.40. The average Bonchev–Trinajstić information content (AvgIpc) is 3.75. The van der Waals surface area contributed by atoms with Crippen molar-refractivity contribution in [3.63, 3.8) is 0 Å². The molecule has 1 aromatic heterocycles. The second kappa shape index (κ2) is 14.2. The molecule has 2 fully saturated rings. The van der Waals surface area contributed by atoms with Crippen LogP contribution in [0.2, 0.25) is 0 Å². The number of imidazole rings is 1. The third-order valence-corrected chi connectivity index (χ3v) is 9.97. The maximum absolute atomic E-state index is 13.6. The van der Waals surface area contributed by atoms with Crippen LogP contribution < -0.4 is 20.7 Å². The van der Waals surface area contributed by atoms with Crippen LogP contribution in [0.1, 0.15) is 48.5 Å². The standard InChI is InChI=1S/C35H43N7O7/c1-22-33(47)42-12-4-7-29(42)32(46)39-27(18-43)31(45)36-20-35(17-23-5-3-6-25(15-23)49-19-30(44)38-22)10-13-41(14-11-35)34(48)24-8-9-28-26(16-24)37-21-40(28)2/h3,5-6,8-9,15-16,21-22,27,29,43H,4,7,10-14,17-20H2,1-2H3,(H,36,45)(H,38,44)(H,39,46)/t22-,27-,29-/m0/s1. The van der Waals surface area contributed by atoms with Gasteiger partial charge in [-0.1, -0.05) is 12.1 Å². The van der Waals surface area contributed by atoms with Crippen LogP contribution in [0.15, 0.2) is 48.8 Å². The SMILES string of the molecule is C[C@@H]1NC(=O)COc2cccc(c2)CC2(CCN(C(=O)c3ccc4c(c3)ncn4C)CC2)CNC(=O)[C@H](CO)NC(=O)[C@@H]2CCCN2C1=O. The fraction of sp³-hybridized carbons (Fsp3) is 0.486. The molecule has 3 atom stereocenters. The number of aryl methyl sites for hydroxylation is 1. The number of likely N-dealkylation sites (tertiary alicyclic amines) is 1. The fourth-order valence-electron chi connectivity index (χ4n) is 7.14. The van der Waals surface area contributed by atoms with E-state index in [1.807, 2.05) is 46.8 Å². The van der Waals surface area contributed by atoms with Crippen LogP contribution in [-0.4, -0.2) is 112 Å². The van der Waals surface area contributed by atoms with Gasteiger partial charge in [-0.3, -0.25) is 24.0 Å². The van der Waals surface area contributed by atoms with E-state index in [2.05, 4.69) is 20.9 Å². The normalized spacial score (nSPS) is 23.9. The molecule has 5 amide bonds. The van der Waals surface area contributed by atoms with Crippen molar-refractivity contribution in [3.05, 3.63) is 59.9 Å². The van der Waals surface area contributed by atoms with E-state index in [1.54, 1.807) is 25.4 Å². The molecule has 4 N–H and O–H groups in total. The summed E-state index contributed by atoms with van der Waals surface area (Å²) in [6.45, 7) is 2.10. The summed E-state index contributed by atoms with van der Waals surface area (Å²) in [4.78, 5) is 73.9. The Labute approximate surface area is 284 Å². The first-order chi connectivity index (χ1) is 23.6. The molecule has 49 heavy (non-hydrogen) atoms. The molecular formula is C35H43N7O7. The molecule has 3 aromatic rings. The van der Waals surface area contributed by atoms with Gasteiger partial charge in [0.25, 0.3) is 11.8 Å². The van der Waals surface area contributed by atoms with Crippen molar-refractivity contribution in [2.24, 2.45) is 12.5 Å². The summed E-state index contributed by atoms with van der Waals surface area (Å²) in [5.74, 6) is -1.58. The minimum atomic E-state index is -1.22. The molecule has 14 nitrogen and oxygen atoms in total. The molecular weight excluding hydrogens is 630 g/mol. The smallest absolute Gasteiger partial charge is 0.258 e. The van der Waals surface area contributed by atoms with Crippen LogP contribution in [0, 0.1) is 5.41 Å². The van der Waals surface area contributed by atoms with Crippen LogP contribution >= 0.6 is 0 Å². The van der Waals surface area contributed by atoms with Crippen molar-refractivity contribution in [2.75, 3.05) is 39.4 Å². The van der Waals surface area contributed by atoms with E-state index < -0.39 is 53.8 Å². The van der Waals surface area contributed by atoms with E-state index >= 15 is 0 Å². The first-order valence-corrected chi connectivity index (χ1v) is 16.8. The minimum Gasteiger partial charge on any atom is -0.484 e. The van der Waals surface area contributed by atoms with E-state index in [0.717, 1.165) is 16.6 Å². The number of aliphatic hydroxyl groups is 1. The molecule has 0 aliphatic carbocycles. The van der Waals surface area contributed by atoms with Crippen LogP contribution in [0.5, 0.6) is 5.75 Å². The number of nitrogens with zero attached hydrogens (tertiary/aromatic N) is 4. The topological polar surface area (TPSA) is 175 Å². The molecule has 2 saturated heterocycles. The van der Waals surface area contributed by atoms with E-state index in [4.69, 9.17) is 4.74 Å².